The molecule has 0 aliphatic heterocycles. The number of hydrogen-bond acceptors (Lipinski definition) is 2. The van der Waals surface area contributed by atoms with Crippen LogP contribution in [0.3, 0.4) is 0 Å². The summed E-state index contributed by atoms with van der Waals surface area (Å²) in [5.41, 5.74) is 0. The van der Waals surface area contributed by atoms with Gasteiger partial charge in [0, 0.05) is 12.9 Å². The van der Waals surface area contributed by atoms with Crippen molar-refractivity contribution in [3.63, 3.8) is 0 Å². The van der Waals surface area contributed by atoms with Crippen molar-refractivity contribution in [2.75, 3.05) is 7.05 Å². The molecule has 0 fully saturated rings. The summed E-state index contributed by atoms with van der Waals surface area (Å²) in [5.74, 6) is 2.50. The van der Waals surface area contributed by atoms with Crippen LogP contribution < -0.4 is 0 Å². The van der Waals surface area contributed by atoms with Gasteiger partial charge in [0.2, 0.25) is 0 Å². The molecule has 8 heavy (non-hydrogen) atoms. The Bertz CT molecular complexity index is 140. The second-order valence-corrected chi connectivity index (χ2v) is 0.929. The van der Waals surface area contributed by atoms with E-state index in [1.165, 1.54) is 12.5 Å². The molecule has 0 spiro atoms. The highest BCUT2D eigenvalue weighted by Crippen LogP contribution is 1.61. The molecule has 0 aromatic rings. The largest absolute Gasteiger partial charge is 0.253 e. The van der Waals surface area contributed by atoms with E-state index in [-0.39, 0.29) is 0 Å². The SMILES string of the molecule is C=N/C=N\C=C=NC. The molecule has 0 amide bonds. The molecule has 0 N–H and O–H groups in total. The monoisotopic (exact) mass is 109 g/mol. The maximum atomic E-state index is 3.60. The third-order valence-electron chi connectivity index (χ3n) is 0.410. The Labute approximate surface area is 48.2 Å². The van der Waals surface area contributed by atoms with Crippen LogP contribution in [0.5, 0.6) is 0 Å². The van der Waals surface area contributed by atoms with E-state index in [0.717, 1.165) is 0 Å². The van der Waals surface area contributed by atoms with Crippen LogP contribution in [0.1, 0.15) is 0 Å². The lowest BCUT2D eigenvalue weighted by molar-refractivity contribution is 1.47. The topological polar surface area (TPSA) is 37.1 Å². The standard InChI is InChI=1S/C5H7N3/c1-6-3-4-8-5-7-2/h4-5H,2H2,1H3/b8-5-. The Morgan fingerprint density at radius 2 is 2.38 bits per heavy atom. The molecule has 0 bridgehead atoms. The first-order chi connectivity index (χ1) is 3.91. The van der Waals surface area contributed by atoms with Gasteiger partial charge in [0.25, 0.3) is 0 Å². The first-order valence-corrected chi connectivity index (χ1v) is 2.05. The van der Waals surface area contributed by atoms with Gasteiger partial charge in [-0.3, -0.25) is 4.99 Å². The summed E-state index contributed by atoms with van der Waals surface area (Å²) >= 11 is 0. The molecule has 0 heterocycles. The second-order valence-electron chi connectivity index (χ2n) is 0.929. The summed E-state index contributed by atoms with van der Waals surface area (Å²) in [6.07, 6.45) is 2.73. The highest BCUT2D eigenvalue weighted by atomic mass is 14.8. The second kappa shape index (κ2) is 5.79. The zero-order chi connectivity index (χ0) is 6.24. The predicted octanol–water partition coefficient (Wildman–Crippen LogP) is 0.528. The van der Waals surface area contributed by atoms with Crippen molar-refractivity contribution < 1.29 is 0 Å². The van der Waals surface area contributed by atoms with Gasteiger partial charge in [-0.25, -0.2) is 9.98 Å². The van der Waals surface area contributed by atoms with E-state index in [4.69, 9.17) is 0 Å². The van der Waals surface area contributed by atoms with Crippen LogP contribution in [0.2, 0.25) is 0 Å². The average Bonchev–Trinajstić information content (AvgIpc) is 1.81. The molecule has 0 aromatic carbocycles. The van der Waals surface area contributed by atoms with Crippen LogP contribution >= 0.6 is 0 Å². The molecule has 0 aliphatic carbocycles. The fourth-order valence-corrected chi connectivity index (χ4v) is 0.172. The number of hydrogen-bond donors (Lipinski definition) is 0. The molecule has 3 heteroatoms. The highest BCUT2D eigenvalue weighted by molar-refractivity contribution is 5.64. The van der Waals surface area contributed by atoms with E-state index in [1.807, 2.05) is 0 Å². The fraction of sp³-hybridized carbons (Fsp3) is 0.200. The Kier molecular flexibility index (Phi) is 4.91. The van der Waals surface area contributed by atoms with Gasteiger partial charge in [0.15, 0.2) is 0 Å². The van der Waals surface area contributed by atoms with Gasteiger partial charge in [-0.1, -0.05) is 0 Å². The van der Waals surface area contributed by atoms with Gasteiger partial charge in [-0.05, 0) is 6.72 Å². The van der Waals surface area contributed by atoms with Crippen LogP contribution in [-0.2, 0) is 0 Å². The Balaban J connectivity index is 3.58. The first-order valence-electron chi connectivity index (χ1n) is 2.05. The molecule has 0 saturated carbocycles. The van der Waals surface area contributed by atoms with Gasteiger partial charge in [0.05, 0.1) is 6.20 Å². The van der Waals surface area contributed by atoms with Gasteiger partial charge in [0.1, 0.15) is 6.34 Å². The van der Waals surface area contributed by atoms with E-state index in [9.17, 15) is 0 Å². The minimum atomic E-state index is 1.32. The van der Waals surface area contributed by atoms with Crippen molar-refractivity contribution in [3.05, 3.63) is 6.20 Å². The molecule has 0 aliphatic rings. The lowest BCUT2D eigenvalue weighted by Crippen LogP contribution is -1.58. The molecule has 3 nitrogen and oxygen atoms in total. The first kappa shape index (κ1) is 6.79. The van der Waals surface area contributed by atoms with Crippen molar-refractivity contribution >= 4 is 18.9 Å². The maximum Gasteiger partial charge on any atom is 0.115 e. The highest BCUT2D eigenvalue weighted by Gasteiger charge is 1.52. The van der Waals surface area contributed by atoms with E-state index < -0.39 is 0 Å². The van der Waals surface area contributed by atoms with Crippen LogP contribution in [0.25, 0.3) is 0 Å². The minimum Gasteiger partial charge on any atom is -0.253 e. The van der Waals surface area contributed by atoms with E-state index in [1.54, 1.807) is 7.05 Å². The third kappa shape index (κ3) is 4.79. The summed E-state index contributed by atoms with van der Waals surface area (Å²) in [6, 6.07) is 0. The zero-order valence-electron chi connectivity index (χ0n) is 4.70. The lowest BCUT2D eigenvalue weighted by atomic mass is 11.0. The van der Waals surface area contributed by atoms with Crippen LogP contribution in [-0.4, -0.2) is 26.0 Å². The summed E-state index contributed by atoms with van der Waals surface area (Å²) in [4.78, 5) is 10.5. The molecular weight excluding hydrogens is 102 g/mol. The maximum absolute atomic E-state index is 3.60. The molecule has 0 radical (unpaired) electrons. The number of nitrogens with zero attached hydrogens (tertiary/aromatic N) is 3. The van der Waals surface area contributed by atoms with Crippen molar-refractivity contribution in [2.45, 2.75) is 0 Å². The van der Waals surface area contributed by atoms with Crippen LogP contribution in [0.4, 0.5) is 0 Å². The van der Waals surface area contributed by atoms with Crippen LogP contribution in [0, 0.1) is 0 Å². The predicted molar refractivity (Wildman–Crippen MR) is 36.0 cm³/mol. The number of aliphatic imine (C=N–C) groups is 3. The van der Waals surface area contributed by atoms with Crippen molar-refractivity contribution in [1.29, 1.82) is 0 Å². The fourth-order valence-electron chi connectivity index (χ4n) is 0.172. The molecule has 0 unspecified atom stereocenters. The van der Waals surface area contributed by atoms with Crippen molar-refractivity contribution in [2.24, 2.45) is 15.0 Å². The summed E-state index contributed by atoms with van der Waals surface area (Å²) in [6.45, 7) is 3.18. The normalized spacial score (nSPS) is 8.12. The van der Waals surface area contributed by atoms with E-state index in [2.05, 4.69) is 27.6 Å². The lowest BCUT2D eigenvalue weighted by Gasteiger charge is -1.64. The van der Waals surface area contributed by atoms with E-state index >= 15 is 0 Å². The third-order valence-corrected chi connectivity index (χ3v) is 0.410. The molecule has 0 atom stereocenters. The van der Waals surface area contributed by atoms with Gasteiger partial charge in [-0.2, -0.15) is 0 Å². The summed E-state index contributed by atoms with van der Waals surface area (Å²) in [5, 5.41) is 0. The smallest absolute Gasteiger partial charge is 0.115 e. The molecule has 42 valence electrons. The molecule has 0 saturated heterocycles. The Morgan fingerprint density at radius 3 is 2.88 bits per heavy atom. The van der Waals surface area contributed by atoms with Gasteiger partial charge in [-0.15, -0.1) is 0 Å². The molecule has 0 aromatic heterocycles. The van der Waals surface area contributed by atoms with Gasteiger partial charge < -0.3 is 0 Å². The van der Waals surface area contributed by atoms with E-state index in [0.29, 0.717) is 0 Å². The van der Waals surface area contributed by atoms with Crippen molar-refractivity contribution in [3.8, 4) is 0 Å². The van der Waals surface area contributed by atoms with Crippen LogP contribution in [0.15, 0.2) is 21.2 Å². The Hall–Kier alpha value is -1.21. The quantitative estimate of drug-likeness (QED) is 0.366. The average molecular weight is 109 g/mol. The van der Waals surface area contributed by atoms with Gasteiger partial charge >= 0.3 is 0 Å². The molecule has 0 rings (SSSR count). The Morgan fingerprint density at radius 1 is 1.62 bits per heavy atom. The van der Waals surface area contributed by atoms with Crippen molar-refractivity contribution in [1.82, 2.24) is 0 Å². The number of rotatable bonds is 2. The summed E-state index contributed by atoms with van der Waals surface area (Å²) in [7, 11) is 1.62. The molecular formula is C5H7N3. The summed E-state index contributed by atoms with van der Waals surface area (Å²) < 4.78 is 0. The zero-order valence-corrected chi connectivity index (χ0v) is 4.70. The minimum absolute atomic E-state index is 1.32.